The molecule has 10 nitrogen and oxygen atoms in total. The van der Waals surface area contributed by atoms with Crippen molar-refractivity contribution < 1.29 is 37.3 Å². The van der Waals surface area contributed by atoms with Gasteiger partial charge in [-0.25, -0.2) is 13.1 Å². The Bertz CT molecular complexity index is 1080. The molecular weight excluding hydrogens is 428 g/mol. The van der Waals surface area contributed by atoms with Gasteiger partial charge in [0.2, 0.25) is 21.7 Å². The second-order valence-corrected chi connectivity index (χ2v) is 8.62. The van der Waals surface area contributed by atoms with Crippen molar-refractivity contribution in [3.63, 3.8) is 0 Å². The lowest BCUT2D eigenvalue weighted by molar-refractivity contribution is -0.126. The molecule has 1 saturated heterocycles. The quantitative estimate of drug-likeness (QED) is 0.577. The normalized spacial score (nSPS) is 18.4. The highest BCUT2D eigenvalue weighted by atomic mass is 32.2. The van der Waals surface area contributed by atoms with Crippen LogP contribution in [0.5, 0.6) is 28.7 Å². The van der Waals surface area contributed by atoms with Crippen LogP contribution in [0.3, 0.4) is 0 Å². The lowest BCUT2D eigenvalue weighted by atomic mass is 9.88. The topological polar surface area (TPSA) is 124 Å². The molecule has 31 heavy (non-hydrogen) atoms. The summed E-state index contributed by atoms with van der Waals surface area (Å²) >= 11 is 0. The monoisotopic (exact) mass is 452 g/mol. The zero-order chi connectivity index (χ0) is 22.9. The van der Waals surface area contributed by atoms with Gasteiger partial charge in [0.05, 0.1) is 46.4 Å². The number of methoxy groups -OCH3 is 4. The van der Waals surface area contributed by atoms with Crippen LogP contribution >= 0.6 is 0 Å². The van der Waals surface area contributed by atoms with Crippen LogP contribution in [0.15, 0.2) is 30.3 Å². The van der Waals surface area contributed by atoms with Crippen LogP contribution in [-0.2, 0) is 14.8 Å². The van der Waals surface area contributed by atoms with Crippen molar-refractivity contribution in [3.05, 3.63) is 35.9 Å². The van der Waals surface area contributed by atoms with Crippen LogP contribution in [0.4, 0.5) is 5.69 Å². The Morgan fingerprint density at radius 1 is 0.935 bits per heavy atom. The molecule has 1 aliphatic rings. The molecule has 0 aromatic heterocycles. The summed E-state index contributed by atoms with van der Waals surface area (Å²) < 4.78 is 47.2. The van der Waals surface area contributed by atoms with E-state index in [1.807, 2.05) is 0 Å². The molecule has 2 atom stereocenters. The van der Waals surface area contributed by atoms with Crippen LogP contribution in [-0.4, -0.2) is 60.2 Å². The number of phenolic OH excluding ortho intramolecular Hbond substituents is 1. The van der Waals surface area contributed by atoms with Crippen molar-refractivity contribution in [1.82, 2.24) is 4.72 Å². The fourth-order valence-corrected chi connectivity index (χ4v) is 4.25. The number of rotatable bonds is 8. The summed E-state index contributed by atoms with van der Waals surface area (Å²) in [6.45, 7) is 0. The van der Waals surface area contributed by atoms with Gasteiger partial charge in [-0.1, -0.05) is 6.07 Å². The molecule has 1 aliphatic heterocycles. The Labute approximate surface area is 180 Å². The number of carbonyl (C=O) groups excluding carboxylic acids is 1. The summed E-state index contributed by atoms with van der Waals surface area (Å²) in [5.41, 5.74) is 0.916. The average Bonchev–Trinajstić information content (AvgIpc) is 2.73. The molecule has 2 aromatic carbocycles. The molecular formula is C20H24N2O8S. The average molecular weight is 452 g/mol. The highest BCUT2D eigenvalue weighted by Crippen LogP contribution is 2.47. The molecule has 2 N–H and O–H groups in total. The van der Waals surface area contributed by atoms with E-state index in [4.69, 9.17) is 18.9 Å². The molecule has 0 unspecified atom stereocenters. The Balaban J connectivity index is 2.12. The Hall–Kier alpha value is -3.18. The van der Waals surface area contributed by atoms with Crippen LogP contribution in [0.1, 0.15) is 11.6 Å². The molecule has 1 heterocycles. The number of benzene rings is 2. The zero-order valence-corrected chi connectivity index (χ0v) is 18.5. The Morgan fingerprint density at radius 3 is 1.97 bits per heavy atom. The Morgan fingerprint density at radius 2 is 1.52 bits per heavy atom. The van der Waals surface area contributed by atoms with Gasteiger partial charge < -0.3 is 29.0 Å². The molecule has 0 saturated carbocycles. The first-order valence-electron chi connectivity index (χ1n) is 9.12. The number of ether oxygens (including phenoxy) is 4. The maximum Gasteiger partial charge on any atom is 0.248 e. The van der Waals surface area contributed by atoms with E-state index in [9.17, 15) is 18.3 Å². The van der Waals surface area contributed by atoms with E-state index in [2.05, 4.69) is 4.72 Å². The Kier molecular flexibility index (Phi) is 6.18. The van der Waals surface area contributed by atoms with Crippen molar-refractivity contribution >= 4 is 21.6 Å². The molecule has 168 valence electrons. The van der Waals surface area contributed by atoms with Crippen molar-refractivity contribution in [1.29, 1.82) is 0 Å². The molecule has 3 rings (SSSR count). The van der Waals surface area contributed by atoms with Gasteiger partial charge in [-0.05, 0) is 17.7 Å². The van der Waals surface area contributed by atoms with Crippen LogP contribution < -0.4 is 28.6 Å². The van der Waals surface area contributed by atoms with Gasteiger partial charge in [-0.2, -0.15) is 0 Å². The van der Waals surface area contributed by atoms with Crippen LogP contribution in [0.25, 0.3) is 0 Å². The van der Waals surface area contributed by atoms with Gasteiger partial charge in [0.1, 0.15) is 6.04 Å². The minimum absolute atomic E-state index is 0.137. The number of hydrogen-bond acceptors (Lipinski definition) is 8. The molecule has 0 bridgehead atoms. The summed E-state index contributed by atoms with van der Waals surface area (Å²) in [7, 11) is 2.10. The summed E-state index contributed by atoms with van der Waals surface area (Å²) in [6.07, 6.45) is 0.977. The number of phenols is 1. The fraction of sp³-hybridized carbons (Fsp3) is 0.350. The van der Waals surface area contributed by atoms with Gasteiger partial charge in [-0.15, -0.1) is 0 Å². The molecule has 1 amide bonds. The third-order valence-electron chi connectivity index (χ3n) is 4.91. The molecule has 11 heteroatoms. The molecule has 2 aromatic rings. The number of aromatic hydroxyl groups is 1. The maximum atomic E-state index is 13.0. The number of sulfonamides is 1. The van der Waals surface area contributed by atoms with Gasteiger partial charge in [-0.3, -0.25) is 4.79 Å². The van der Waals surface area contributed by atoms with E-state index in [0.29, 0.717) is 28.5 Å². The zero-order valence-electron chi connectivity index (χ0n) is 17.7. The van der Waals surface area contributed by atoms with Gasteiger partial charge in [0.25, 0.3) is 0 Å². The van der Waals surface area contributed by atoms with Crippen molar-refractivity contribution in [2.75, 3.05) is 39.6 Å². The van der Waals surface area contributed by atoms with Crippen molar-refractivity contribution in [3.8, 4) is 28.7 Å². The summed E-state index contributed by atoms with van der Waals surface area (Å²) in [4.78, 5) is 14.4. The standard InChI is InChI=1S/C20H24N2O8S/c1-27-14-7-6-11(8-13(14)23)18-17(21-31(5,25)26)20(24)22(18)12-9-15(28-2)19(30-4)16(10-12)29-3/h6-10,17-18,21,23H,1-5H3/t17-,18-/m0/s1. The van der Waals surface area contributed by atoms with E-state index >= 15 is 0 Å². The predicted octanol–water partition coefficient (Wildman–Crippen LogP) is 1.43. The number of hydrogen-bond donors (Lipinski definition) is 2. The summed E-state index contributed by atoms with van der Waals surface area (Å²) in [5.74, 6) is 0.663. The molecule has 0 spiro atoms. The maximum absolute atomic E-state index is 13.0. The van der Waals surface area contributed by atoms with E-state index < -0.39 is 28.0 Å². The number of nitrogens with zero attached hydrogens (tertiary/aromatic N) is 1. The predicted molar refractivity (Wildman–Crippen MR) is 113 cm³/mol. The second-order valence-electron chi connectivity index (χ2n) is 6.84. The highest BCUT2D eigenvalue weighted by molar-refractivity contribution is 7.88. The molecule has 0 aliphatic carbocycles. The van der Waals surface area contributed by atoms with Crippen LogP contribution in [0, 0.1) is 0 Å². The van der Waals surface area contributed by atoms with Gasteiger partial charge in [0.15, 0.2) is 23.0 Å². The SMILES string of the molecule is COc1ccc([C@H]2[C@H](NS(C)(=O)=O)C(=O)N2c2cc(OC)c(OC)c(OC)c2)cc1O. The van der Waals surface area contributed by atoms with Crippen molar-refractivity contribution in [2.45, 2.75) is 12.1 Å². The van der Waals surface area contributed by atoms with E-state index in [-0.39, 0.29) is 11.5 Å². The first-order chi connectivity index (χ1) is 14.6. The van der Waals surface area contributed by atoms with Crippen LogP contribution in [0.2, 0.25) is 0 Å². The number of amides is 1. The smallest absolute Gasteiger partial charge is 0.248 e. The molecule has 0 radical (unpaired) electrons. The fourth-order valence-electron chi connectivity index (χ4n) is 3.56. The lowest BCUT2D eigenvalue weighted by Gasteiger charge is -2.47. The minimum Gasteiger partial charge on any atom is -0.504 e. The first kappa shape index (κ1) is 22.5. The largest absolute Gasteiger partial charge is 0.504 e. The number of nitrogens with one attached hydrogen (secondary N) is 1. The number of carbonyl (C=O) groups is 1. The first-order valence-corrected chi connectivity index (χ1v) is 11.0. The minimum atomic E-state index is -3.68. The number of anilines is 1. The summed E-state index contributed by atoms with van der Waals surface area (Å²) in [6, 6.07) is 6.01. The third kappa shape index (κ3) is 4.19. The van der Waals surface area contributed by atoms with E-state index in [0.717, 1.165) is 6.26 Å². The lowest BCUT2D eigenvalue weighted by Crippen LogP contribution is -2.65. The van der Waals surface area contributed by atoms with E-state index in [1.54, 1.807) is 24.3 Å². The second kappa shape index (κ2) is 8.52. The summed E-state index contributed by atoms with van der Waals surface area (Å²) in [5, 5.41) is 10.2. The van der Waals surface area contributed by atoms with Gasteiger partial charge in [0, 0.05) is 12.1 Å². The molecule has 1 fully saturated rings. The van der Waals surface area contributed by atoms with Gasteiger partial charge >= 0.3 is 0 Å². The van der Waals surface area contributed by atoms with Crippen molar-refractivity contribution in [2.24, 2.45) is 0 Å². The third-order valence-corrected chi connectivity index (χ3v) is 5.59. The number of β-lactam (4-membered cyclic amide) rings is 1. The van der Waals surface area contributed by atoms with E-state index in [1.165, 1.54) is 39.4 Å². The highest BCUT2D eigenvalue weighted by Gasteiger charge is 2.50.